The third-order valence-electron chi connectivity index (χ3n) is 9.24. The number of carbonyl (C=O) groups excluding carboxylic acids is 1. The van der Waals surface area contributed by atoms with E-state index in [1.165, 1.54) is 50.1 Å². The number of methoxy groups -OCH3 is 2. The van der Waals surface area contributed by atoms with Crippen molar-refractivity contribution < 1.29 is 31.8 Å². The first-order valence-electron chi connectivity index (χ1n) is 18.2. The maximum absolute atomic E-state index is 16.1. The summed E-state index contributed by atoms with van der Waals surface area (Å²) in [5.41, 5.74) is 5.15. The Bertz CT molecular complexity index is 2710. The molecule has 0 bridgehead atoms. The van der Waals surface area contributed by atoms with Crippen LogP contribution in [0.2, 0.25) is 0 Å². The number of hydrogen-bond acceptors (Lipinski definition) is 12. The van der Waals surface area contributed by atoms with Gasteiger partial charge in [0.25, 0.3) is 0 Å². The molecular formula is C42H39FN8O6S. The Morgan fingerprint density at radius 2 is 1.69 bits per heavy atom. The third kappa shape index (κ3) is 8.41. The highest BCUT2D eigenvalue weighted by Gasteiger charge is 2.27. The van der Waals surface area contributed by atoms with Gasteiger partial charge in [-0.25, -0.2) is 37.7 Å². The predicted molar refractivity (Wildman–Crippen MR) is 217 cm³/mol. The van der Waals surface area contributed by atoms with E-state index in [0.29, 0.717) is 52.6 Å². The van der Waals surface area contributed by atoms with E-state index in [-0.39, 0.29) is 40.3 Å². The molecule has 0 saturated carbocycles. The second-order valence-corrected chi connectivity index (χ2v) is 15.1. The Balaban J connectivity index is 1.29. The normalized spacial score (nSPS) is 11.3. The SMILES string of the molecule is CCc1c(-c2ncc(NC(=O)CCS(=O)(=O)c3ccccc3)cc2OC)n(-c2ccc(Oc3nccc(C)n3)c(F)c2)c2c(NCc3ccc(OC)cc3)ncnc12. The van der Waals surface area contributed by atoms with Gasteiger partial charge in [0.15, 0.2) is 27.2 Å². The molecule has 2 N–H and O–H groups in total. The molecular weight excluding hydrogens is 764 g/mol. The van der Waals surface area contributed by atoms with Gasteiger partial charge in [0, 0.05) is 48.2 Å². The standard InChI is InChI=1S/C42H39FN8O6S/c1-5-32-37-40(41(48-25-47-37)46-23-27-11-14-30(55-3)15-12-27)51(29-13-16-34(33(43)22-29)57-42-44-19-17-26(2)49-42)39(32)38-35(56-4)21-28(24-45-38)50-36(52)18-20-58(53,54)31-9-7-6-8-10-31/h6-17,19,21-22,24-25H,5,18,20,23H2,1-4H3,(H,50,52)(H,46,47,48). The molecule has 14 nitrogen and oxygen atoms in total. The summed E-state index contributed by atoms with van der Waals surface area (Å²) < 4.78 is 60.4. The number of anilines is 2. The molecule has 0 fully saturated rings. The summed E-state index contributed by atoms with van der Waals surface area (Å²) in [6, 6.07) is 23.4. The summed E-state index contributed by atoms with van der Waals surface area (Å²) in [4.78, 5) is 35.6. The number of aromatic nitrogens is 6. The van der Waals surface area contributed by atoms with Crippen molar-refractivity contribution in [2.45, 2.75) is 38.1 Å². The van der Waals surface area contributed by atoms with E-state index in [0.717, 1.165) is 16.9 Å². The number of ether oxygens (including phenoxy) is 3. The molecule has 58 heavy (non-hydrogen) atoms. The van der Waals surface area contributed by atoms with Gasteiger partial charge < -0.3 is 29.4 Å². The molecule has 0 spiro atoms. The summed E-state index contributed by atoms with van der Waals surface area (Å²) in [5, 5.41) is 6.17. The number of amides is 1. The van der Waals surface area contributed by atoms with Crippen LogP contribution in [0.15, 0.2) is 109 Å². The minimum absolute atomic E-state index is 0.00405. The van der Waals surface area contributed by atoms with E-state index in [1.807, 2.05) is 35.8 Å². The molecule has 0 atom stereocenters. The minimum atomic E-state index is -3.67. The molecule has 3 aromatic carbocycles. The number of fused-ring (bicyclic) bond motifs is 1. The highest BCUT2D eigenvalue weighted by molar-refractivity contribution is 7.91. The molecule has 7 rings (SSSR count). The molecule has 0 aliphatic rings. The number of nitrogens with one attached hydrogen (secondary N) is 2. The van der Waals surface area contributed by atoms with Gasteiger partial charge in [0.2, 0.25) is 5.91 Å². The number of rotatable bonds is 15. The molecule has 0 radical (unpaired) electrons. The van der Waals surface area contributed by atoms with Crippen LogP contribution in [0, 0.1) is 12.7 Å². The van der Waals surface area contributed by atoms with Crippen LogP contribution in [-0.4, -0.2) is 63.8 Å². The number of nitrogens with zero attached hydrogens (tertiary/aromatic N) is 6. The number of hydrogen-bond donors (Lipinski definition) is 2. The maximum atomic E-state index is 16.1. The van der Waals surface area contributed by atoms with Crippen molar-refractivity contribution in [3.8, 4) is 40.3 Å². The monoisotopic (exact) mass is 802 g/mol. The Morgan fingerprint density at radius 1 is 0.897 bits per heavy atom. The number of sulfone groups is 1. The molecule has 4 heterocycles. The van der Waals surface area contributed by atoms with Crippen molar-refractivity contribution in [3.63, 3.8) is 0 Å². The molecule has 4 aromatic heterocycles. The van der Waals surface area contributed by atoms with Crippen LogP contribution in [0.1, 0.15) is 30.2 Å². The van der Waals surface area contributed by atoms with Gasteiger partial charge in [-0.05, 0) is 61.4 Å². The van der Waals surface area contributed by atoms with Crippen molar-refractivity contribution in [2.24, 2.45) is 0 Å². The van der Waals surface area contributed by atoms with Crippen LogP contribution in [0.5, 0.6) is 23.3 Å². The number of carbonyl (C=O) groups is 1. The average molecular weight is 803 g/mol. The topological polar surface area (TPSA) is 172 Å². The first-order chi connectivity index (χ1) is 28.1. The summed E-state index contributed by atoms with van der Waals surface area (Å²) in [5.74, 6) is -0.161. The molecule has 0 aliphatic carbocycles. The minimum Gasteiger partial charge on any atom is -0.497 e. The van der Waals surface area contributed by atoms with E-state index in [4.69, 9.17) is 24.2 Å². The molecule has 7 aromatic rings. The van der Waals surface area contributed by atoms with E-state index in [1.54, 1.807) is 50.4 Å². The molecule has 0 aliphatic heterocycles. The van der Waals surface area contributed by atoms with Gasteiger partial charge in [-0.15, -0.1) is 0 Å². The quantitative estimate of drug-likeness (QED) is 0.105. The van der Waals surface area contributed by atoms with Crippen LogP contribution in [0.3, 0.4) is 0 Å². The summed E-state index contributed by atoms with van der Waals surface area (Å²) in [7, 11) is -0.594. The Hall–Kier alpha value is -6.94. The summed E-state index contributed by atoms with van der Waals surface area (Å²) >= 11 is 0. The maximum Gasteiger partial charge on any atom is 0.322 e. The van der Waals surface area contributed by atoms with E-state index >= 15 is 4.39 Å². The fraction of sp³-hybridized carbons (Fsp3) is 0.190. The van der Waals surface area contributed by atoms with Crippen molar-refractivity contribution >= 4 is 38.3 Å². The molecule has 1 amide bonds. The van der Waals surface area contributed by atoms with E-state index in [2.05, 4.69) is 25.6 Å². The van der Waals surface area contributed by atoms with E-state index in [9.17, 15) is 13.2 Å². The zero-order valence-electron chi connectivity index (χ0n) is 32.1. The van der Waals surface area contributed by atoms with Gasteiger partial charge in [-0.3, -0.25) is 4.79 Å². The largest absolute Gasteiger partial charge is 0.497 e. The molecule has 0 unspecified atom stereocenters. The van der Waals surface area contributed by atoms with Crippen LogP contribution < -0.4 is 24.8 Å². The lowest BCUT2D eigenvalue weighted by Crippen LogP contribution is -2.17. The Labute approximate surface area is 334 Å². The number of benzene rings is 3. The van der Waals surface area contributed by atoms with Crippen molar-refractivity contribution in [2.75, 3.05) is 30.6 Å². The van der Waals surface area contributed by atoms with Crippen LogP contribution >= 0.6 is 0 Å². The fourth-order valence-corrected chi connectivity index (χ4v) is 7.66. The molecule has 296 valence electrons. The highest BCUT2D eigenvalue weighted by Crippen LogP contribution is 2.42. The summed E-state index contributed by atoms with van der Waals surface area (Å²) in [6.45, 7) is 4.15. The van der Waals surface area contributed by atoms with Gasteiger partial charge in [-0.2, -0.15) is 0 Å². The summed E-state index contributed by atoms with van der Waals surface area (Å²) in [6.07, 6.45) is 4.66. The zero-order chi connectivity index (χ0) is 40.8. The van der Waals surface area contributed by atoms with Gasteiger partial charge in [-0.1, -0.05) is 37.3 Å². The Kier molecular flexibility index (Phi) is 11.6. The second-order valence-electron chi connectivity index (χ2n) is 13.0. The second kappa shape index (κ2) is 17.1. The number of halogens is 1. The molecule has 0 saturated heterocycles. The van der Waals surface area contributed by atoms with Crippen molar-refractivity contribution in [3.05, 3.63) is 126 Å². The van der Waals surface area contributed by atoms with Gasteiger partial charge in [0.05, 0.1) is 48.0 Å². The van der Waals surface area contributed by atoms with Crippen LogP contribution in [0.4, 0.5) is 15.9 Å². The van der Waals surface area contributed by atoms with Crippen LogP contribution in [0.25, 0.3) is 28.1 Å². The zero-order valence-corrected chi connectivity index (χ0v) is 32.9. The smallest absolute Gasteiger partial charge is 0.322 e. The van der Waals surface area contributed by atoms with Crippen molar-refractivity contribution in [1.82, 2.24) is 29.5 Å². The first-order valence-corrected chi connectivity index (χ1v) is 19.9. The van der Waals surface area contributed by atoms with Gasteiger partial charge in [0.1, 0.15) is 29.0 Å². The van der Waals surface area contributed by atoms with Gasteiger partial charge >= 0.3 is 6.01 Å². The van der Waals surface area contributed by atoms with Crippen molar-refractivity contribution in [1.29, 1.82) is 0 Å². The fourth-order valence-electron chi connectivity index (χ4n) is 6.40. The predicted octanol–water partition coefficient (Wildman–Crippen LogP) is 7.51. The lowest BCUT2D eigenvalue weighted by molar-refractivity contribution is -0.115. The first kappa shape index (κ1) is 39.3. The Morgan fingerprint density at radius 3 is 2.40 bits per heavy atom. The lowest BCUT2D eigenvalue weighted by atomic mass is 10.1. The number of aryl methyl sites for hydroxylation is 2. The van der Waals surface area contributed by atoms with E-state index < -0.39 is 21.6 Å². The third-order valence-corrected chi connectivity index (χ3v) is 11.0. The molecule has 16 heteroatoms. The number of pyridine rings is 1. The lowest BCUT2D eigenvalue weighted by Gasteiger charge is -2.17. The van der Waals surface area contributed by atoms with Crippen LogP contribution in [-0.2, 0) is 27.6 Å². The highest BCUT2D eigenvalue weighted by atomic mass is 32.2. The average Bonchev–Trinajstić information content (AvgIpc) is 3.58.